The van der Waals surface area contributed by atoms with Gasteiger partial charge in [0.25, 0.3) is 0 Å². The molecule has 0 saturated carbocycles. The quantitative estimate of drug-likeness (QED) is 0.605. The number of thiophene rings is 1. The highest BCUT2D eigenvalue weighted by Gasteiger charge is 2.30. The Morgan fingerprint density at radius 3 is 2.59 bits per heavy atom. The van der Waals surface area contributed by atoms with Crippen molar-refractivity contribution < 1.29 is 19.1 Å². The van der Waals surface area contributed by atoms with Gasteiger partial charge in [-0.1, -0.05) is 0 Å². The van der Waals surface area contributed by atoms with E-state index >= 15 is 0 Å². The summed E-state index contributed by atoms with van der Waals surface area (Å²) in [5.74, 6) is -0.480. The number of amides is 1. The summed E-state index contributed by atoms with van der Waals surface area (Å²) >= 11 is 17.6. The summed E-state index contributed by atoms with van der Waals surface area (Å²) in [6.45, 7) is 1.97. The van der Waals surface area contributed by atoms with E-state index in [1.807, 2.05) is 0 Å². The van der Waals surface area contributed by atoms with Crippen molar-refractivity contribution in [3.8, 4) is 0 Å². The van der Waals surface area contributed by atoms with E-state index in [9.17, 15) is 9.59 Å². The molecule has 1 amide bonds. The van der Waals surface area contributed by atoms with Gasteiger partial charge in [-0.3, -0.25) is 5.32 Å². The lowest BCUT2D eigenvalue weighted by Gasteiger charge is -2.16. The van der Waals surface area contributed by atoms with E-state index in [0.29, 0.717) is 10.6 Å². The lowest BCUT2D eigenvalue weighted by molar-refractivity contribution is 0.0533. The monoisotopic (exact) mass is 385 g/mol. The van der Waals surface area contributed by atoms with Gasteiger partial charge in [0.2, 0.25) is 0 Å². The van der Waals surface area contributed by atoms with Gasteiger partial charge in [-0.05, 0) is 73.0 Å². The fourth-order valence-electron chi connectivity index (χ4n) is 2.27. The van der Waals surface area contributed by atoms with Crippen LogP contribution in [0.15, 0.2) is 0 Å². The lowest BCUT2D eigenvalue weighted by atomic mass is 9.97. The minimum absolute atomic E-state index is 0.249. The van der Waals surface area contributed by atoms with Crippen molar-refractivity contribution in [2.45, 2.75) is 36.6 Å². The minimum Gasteiger partial charge on any atom is -0.462 e. The Hall–Kier alpha value is -0.690. The number of carbonyl (C=O) groups is 2. The van der Waals surface area contributed by atoms with E-state index in [0.717, 1.165) is 36.1 Å². The van der Waals surface area contributed by atoms with Crippen LogP contribution in [-0.2, 0) is 22.3 Å². The third-order valence-electron chi connectivity index (χ3n) is 3.07. The first-order valence-corrected chi connectivity index (χ1v) is 8.65. The zero-order valence-corrected chi connectivity index (χ0v) is 14.8. The molecule has 0 spiro atoms. The molecule has 0 unspecified atom stereocenters. The third-order valence-corrected chi connectivity index (χ3v) is 4.57. The van der Waals surface area contributed by atoms with Crippen LogP contribution in [0.3, 0.4) is 0 Å². The normalized spacial score (nSPS) is 14.2. The maximum absolute atomic E-state index is 12.1. The van der Waals surface area contributed by atoms with E-state index in [1.54, 1.807) is 6.92 Å². The van der Waals surface area contributed by atoms with Crippen molar-refractivity contribution >= 4 is 63.9 Å². The molecule has 0 aromatic carbocycles. The molecule has 1 aromatic rings. The number of esters is 1. The molecule has 122 valence electrons. The standard InChI is InChI=1S/C13H14Cl3NO4S/c1-2-20-11(18)10-9(17-12(19)21-13(14,15)16)7-5-3-4-6-8(7)22-10/h2-6H2,1H3,(H,17,19). The predicted molar refractivity (Wildman–Crippen MR) is 87.3 cm³/mol. The van der Waals surface area contributed by atoms with Crippen molar-refractivity contribution in [2.75, 3.05) is 11.9 Å². The second-order valence-corrected chi connectivity index (χ2v) is 7.88. The zero-order chi connectivity index (χ0) is 16.3. The first-order chi connectivity index (χ1) is 10.3. The molecule has 9 heteroatoms. The van der Waals surface area contributed by atoms with Gasteiger partial charge in [0.05, 0.1) is 12.3 Å². The molecule has 1 aliphatic carbocycles. The van der Waals surface area contributed by atoms with Gasteiger partial charge in [0, 0.05) is 4.88 Å². The summed E-state index contributed by atoms with van der Waals surface area (Å²) in [5, 5.41) is 2.51. The maximum Gasteiger partial charge on any atom is 0.415 e. The minimum atomic E-state index is -2.16. The average Bonchev–Trinajstić information content (AvgIpc) is 2.76. The molecule has 1 heterocycles. The highest BCUT2D eigenvalue weighted by Crippen LogP contribution is 2.39. The molecule has 1 aromatic heterocycles. The van der Waals surface area contributed by atoms with Crippen LogP contribution < -0.4 is 5.32 Å². The van der Waals surface area contributed by atoms with Crippen LogP contribution >= 0.6 is 46.1 Å². The maximum atomic E-state index is 12.1. The molecule has 1 aliphatic rings. The van der Waals surface area contributed by atoms with E-state index in [2.05, 4.69) is 10.1 Å². The predicted octanol–water partition coefficient (Wildman–Crippen LogP) is 4.68. The number of rotatable bonds is 3. The molecule has 0 bridgehead atoms. The average molecular weight is 387 g/mol. The van der Waals surface area contributed by atoms with Crippen molar-refractivity contribution in [1.82, 2.24) is 0 Å². The van der Waals surface area contributed by atoms with E-state index in [1.165, 1.54) is 11.3 Å². The van der Waals surface area contributed by atoms with Crippen LogP contribution in [0.5, 0.6) is 0 Å². The molecule has 0 fully saturated rings. The number of alkyl halides is 3. The second-order valence-electron chi connectivity index (χ2n) is 4.60. The molecule has 1 N–H and O–H groups in total. The van der Waals surface area contributed by atoms with Crippen LogP contribution in [0.4, 0.5) is 10.5 Å². The van der Waals surface area contributed by atoms with E-state index < -0.39 is 16.0 Å². The van der Waals surface area contributed by atoms with Gasteiger partial charge >= 0.3 is 16.0 Å². The zero-order valence-electron chi connectivity index (χ0n) is 11.7. The Balaban J connectivity index is 2.29. The number of carbonyl (C=O) groups excluding carboxylic acids is 2. The Kier molecular flexibility index (Phi) is 5.82. The summed E-state index contributed by atoms with van der Waals surface area (Å²) in [4.78, 5) is 25.3. The molecular formula is C13H14Cl3NO4S. The van der Waals surface area contributed by atoms with Gasteiger partial charge in [-0.2, -0.15) is 0 Å². The Labute approximate surface area is 146 Å². The molecule has 5 nitrogen and oxygen atoms in total. The first kappa shape index (κ1) is 17.7. The number of ether oxygens (including phenoxy) is 2. The first-order valence-electron chi connectivity index (χ1n) is 6.70. The summed E-state index contributed by atoms with van der Waals surface area (Å²) in [6, 6.07) is 0. The van der Waals surface area contributed by atoms with Crippen LogP contribution in [0.1, 0.15) is 39.9 Å². The summed E-state index contributed by atoms with van der Waals surface area (Å²) in [5.41, 5.74) is 1.33. The fourth-order valence-corrected chi connectivity index (χ4v) is 3.72. The summed E-state index contributed by atoms with van der Waals surface area (Å²) in [7, 11) is 0. The van der Waals surface area contributed by atoms with Gasteiger partial charge < -0.3 is 9.47 Å². The van der Waals surface area contributed by atoms with Crippen molar-refractivity contribution in [1.29, 1.82) is 0 Å². The molecule has 0 atom stereocenters. The van der Waals surface area contributed by atoms with E-state index in [-0.39, 0.29) is 6.61 Å². The van der Waals surface area contributed by atoms with Crippen LogP contribution in [0.2, 0.25) is 0 Å². The molecule has 0 aliphatic heterocycles. The van der Waals surface area contributed by atoms with Gasteiger partial charge in [-0.15, -0.1) is 11.3 Å². The molecule has 0 radical (unpaired) electrons. The number of aryl methyl sites for hydroxylation is 1. The number of fused-ring (bicyclic) bond motifs is 1. The van der Waals surface area contributed by atoms with Gasteiger partial charge in [0.1, 0.15) is 4.88 Å². The number of hydrogen-bond acceptors (Lipinski definition) is 5. The third kappa shape index (κ3) is 4.41. The van der Waals surface area contributed by atoms with Gasteiger partial charge in [0.15, 0.2) is 0 Å². The Morgan fingerprint density at radius 1 is 1.27 bits per heavy atom. The summed E-state index contributed by atoms with van der Waals surface area (Å²) in [6.07, 6.45) is 2.74. The molecule has 22 heavy (non-hydrogen) atoms. The Bertz CT molecular complexity index is 583. The van der Waals surface area contributed by atoms with Crippen LogP contribution in [0.25, 0.3) is 0 Å². The number of hydrogen-bond donors (Lipinski definition) is 1. The molecule has 2 rings (SSSR count). The fraction of sp³-hybridized carbons (Fsp3) is 0.538. The second kappa shape index (κ2) is 7.25. The number of halogens is 3. The summed E-state index contributed by atoms with van der Waals surface area (Å²) < 4.78 is 7.46. The SMILES string of the molecule is CCOC(=O)c1sc2c(c1NC(=O)OC(Cl)(Cl)Cl)CCCC2. The highest BCUT2D eigenvalue weighted by atomic mass is 35.6. The molecular weight excluding hydrogens is 373 g/mol. The molecule has 0 saturated heterocycles. The van der Waals surface area contributed by atoms with Gasteiger partial charge in [-0.25, -0.2) is 9.59 Å². The Morgan fingerprint density at radius 2 is 1.95 bits per heavy atom. The number of nitrogens with one attached hydrogen (secondary N) is 1. The number of anilines is 1. The largest absolute Gasteiger partial charge is 0.462 e. The van der Waals surface area contributed by atoms with Crippen molar-refractivity contribution in [3.63, 3.8) is 0 Å². The van der Waals surface area contributed by atoms with E-state index in [4.69, 9.17) is 39.5 Å². The highest BCUT2D eigenvalue weighted by molar-refractivity contribution is 7.14. The lowest BCUT2D eigenvalue weighted by Crippen LogP contribution is -2.23. The van der Waals surface area contributed by atoms with Crippen molar-refractivity contribution in [2.24, 2.45) is 0 Å². The smallest absolute Gasteiger partial charge is 0.415 e. The van der Waals surface area contributed by atoms with Crippen LogP contribution in [-0.4, -0.2) is 22.6 Å². The van der Waals surface area contributed by atoms with Crippen molar-refractivity contribution in [3.05, 3.63) is 15.3 Å². The topological polar surface area (TPSA) is 64.6 Å². The van der Waals surface area contributed by atoms with Crippen LogP contribution in [0, 0.1) is 0 Å².